The molecule has 2 N–H and O–H groups in total. The summed E-state index contributed by atoms with van der Waals surface area (Å²) >= 11 is 0. The third-order valence-electron chi connectivity index (χ3n) is 2.81. The van der Waals surface area contributed by atoms with Crippen LogP contribution in [0.2, 0.25) is 0 Å². The van der Waals surface area contributed by atoms with Gasteiger partial charge in [0.25, 0.3) is 5.91 Å². The number of aromatic nitrogens is 1. The molecule has 0 aliphatic rings. The van der Waals surface area contributed by atoms with Crippen molar-refractivity contribution in [2.45, 2.75) is 0 Å². The van der Waals surface area contributed by atoms with Crippen LogP contribution in [0.1, 0.15) is 15.9 Å². The van der Waals surface area contributed by atoms with Crippen LogP contribution in [0.3, 0.4) is 0 Å². The van der Waals surface area contributed by atoms with Gasteiger partial charge in [-0.1, -0.05) is 0 Å². The second-order valence-corrected chi connectivity index (χ2v) is 4.38. The van der Waals surface area contributed by atoms with Gasteiger partial charge in [0.05, 0.1) is 13.3 Å². The third kappa shape index (κ3) is 3.79. The highest BCUT2D eigenvalue weighted by molar-refractivity contribution is 5.94. The van der Waals surface area contributed by atoms with E-state index in [1.807, 2.05) is 13.2 Å². The SMILES string of the molecule is COc1ccc(O)c(/C=N/NC(=O)c2ccc[n+](C)c2)c1. The molecule has 0 bridgehead atoms. The maximum absolute atomic E-state index is 11.9. The summed E-state index contributed by atoms with van der Waals surface area (Å²) < 4.78 is 6.83. The lowest BCUT2D eigenvalue weighted by Crippen LogP contribution is -2.29. The van der Waals surface area contributed by atoms with Crippen molar-refractivity contribution in [3.8, 4) is 11.5 Å². The van der Waals surface area contributed by atoms with Crippen molar-refractivity contribution in [3.63, 3.8) is 0 Å². The van der Waals surface area contributed by atoms with Crippen molar-refractivity contribution in [1.29, 1.82) is 0 Å². The first-order chi connectivity index (χ1) is 10.1. The van der Waals surface area contributed by atoms with Gasteiger partial charge in [0.1, 0.15) is 24.1 Å². The van der Waals surface area contributed by atoms with E-state index in [0.29, 0.717) is 16.9 Å². The van der Waals surface area contributed by atoms with Crippen LogP contribution < -0.4 is 14.7 Å². The van der Waals surface area contributed by atoms with Crippen molar-refractivity contribution >= 4 is 12.1 Å². The van der Waals surface area contributed by atoms with Crippen LogP contribution in [0, 0.1) is 0 Å². The van der Waals surface area contributed by atoms with Crippen LogP contribution >= 0.6 is 0 Å². The lowest BCUT2D eigenvalue weighted by atomic mass is 10.2. The number of hydrazone groups is 1. The number of phenols is 1. The van der Waals surface area contributed by atoms with E-state index in [1.165, 1.54) is 19.4 Å². The molecule has 0 aliphatic carbocycles. The summed E-state index contributed by atoms with van der Waals surface area (Å²) in [6.07, 6.45) is 4.88. The normalized spacial score (nSPS) is 10.6. The average Bonchev–Trinajstić information content (AvgIpc) is 2.49. The van der Waals surface area contributed by atoms with E-state index in [2.05, 4.69) is 10.5 Å². The highest BCUT2D eigenvalue weighted by Gasteiger charge is 2.07. The molecule has 108 valence electrons. The van der Waals surface area contributed by atoms with E-state index in [-0.39, 0.29) is 11.7 Å². The number of rotatable bonds is 4. The number of carbonyl (C=O) groups is 1. The van der Waals surface area contributed by atoms with Crippen molar-refractivity contribution in [3.05, 3.63) is 53.9 Å². The molecule has 6 nitrogen and oxygen atoms in total. The molecule has 2 rings (SSSR count). The number of aromatic hydroxyl groups is 1. The predicted octanol–water partition coefficient (Wildman–Crippen LogP) is 0.989. The first kappa shape index (κ1) is 14.5. The fourth-order valence-electron chi connectivity index (χ4n) is 1.71. The zero-order valence-electron chi connectivity index (χ0n) is 11.8. The van der Waals surface area contributed by atoms with Gasteiger partial charge in [-0.15, -0.1) is 0 Å². The Hall–Kier alpha value is -2.89. The molecule has 1 amide bonds. The van der Waals surface area contributed by atoms with Crippen molar-refractivity contribution in [1.82, 2.24) is 5.43 Å². The molecule has 0 spiro atoms. The number of amides is 1. The fraction of sp³-hybridized carbons (Fsp3) is 0.133. The van der Waals surface area contributed by atoms with Gasteiger partial charge in [-0.3, -0.25) is 4.79 Å². The van der Waals surface area contributed by atoms with Gasteiger partial charge in [-0.2, -0.15) is 5.10 Å². The van der Waals surface area contributed by atoms with E-state index in [1.54, 1.807) is 35.0 Å². The number of ether oxygens (including phenoxy) is 1. The second-order valence-electron chi connectivity index (χ2n) is 4.38. The van der Waals surface area contributed by atoms with Crippen molar-refractivity contribution in [2.24, 2.45) is 12.1 Å². The molecule has 0 atom stereocenters. The van der Waals surface area contributed by atoms with E-state index in [0.717, 1.165) is 0 Å². The minimum Gasteiger partial charge on any atom is -0.507 e. The molecule has 21 heavy (non-hydrogen) atoms. The van der Waals surface area contributed by atoms with Gasteiger partial charge in [-0.05, 0) is 24.3 Å². The van der Waals surface area contributed by atoms with Gasteiger partial charge < -0.3 is 9.84 Å². The van der Waals surface area contributed by atoms with Gasteiger partial charge in [0, 0.05) is 11.6 Å². The van der Waals surface area contributed by atoms with Crippen molar-refractivity contribution in [2.75, 3.05) is 7.11 Å². The standard InChI is InChI=1S/C15H15N3O3/c1-18-7-3-4-11(10-18)15(20)17-16-9-12-8-13(21-2)5-6-14(12)19/h3-10H,1-2H3,(H-,16,17,19,20)/p+1. The average molecular weight is 286 g/mol. The molecule has 1 aromatic carbocycles. The monoisotopic (exact) mass is 286 g/mol. The van der Waals surface area contributed by atoms with E-state index >= 15 is 0 Å². The van der Waals surface area contributed by atoms with Gasteiger partial charge in [0.2, 0.25) is 0 Å². The Morgan fingerprint density at radius 2 is 2.24 bits per heavy atom. The molecular formula is C15H16N3O3+. The molecule has 0 aliphatic heterocycles. The number of hydrogen-bond donors (Lipinski definition) is 2. The summed E-state index contributed by atoms with van der Waals surface area (Å²) in [7, 11) is 3.36. The number of benzene rings is 1. The number of methoxy groups -OCH3 is 1. The van der Waals surface area contributed by atoms with Crippen LogP contribution in [-0.4, -0.2) is 24.3 Å². The number of nitrogens with zero attached hydrogens (tertiary/aromatic N) is 2. The summed E-state index contributed by atoms with van der Waals surface area (Å²) in [5.74, 6) is 0.320. The number of aryl methyl sites for hydroxylation is 1. The fourth-order valence-corrected chi connectivity index (χ4v) is 1.71. The molecule has 0 unspecified atom stereocenters. The predicted molar refractivity (Wildman–Crippen MR) is 77.3 cm³/mol. The first-order valence-corrected chi connectivity index (χ1v) is 6.26. The highest BCUT2D eigenvalue weighted by Crippen LogP contribution is 2.20. The molecule has 6 heteroatoms. The van der Waals surface area contributed by atoms with Gasteiger partial charge in [-0.25, -0.2) is 9.99 Å². The van der Waals surface area contributed by atoms with Gasteiger partial charge in [0.15, 0.2) is 12.4 Å². The zero-order valence-corrected chi connectivity index (χ0v) is 11.8. The molecule has 0 radical (unpaired) electrons. The Balaban J connectivity index is 2.07. The third-order valence-corrected chi connectivity index (χ3v) is 2.81. The summed E-state index contributed by atoms with van der Waals surface area (Å²) in [5.41, 5.74) is 3.35. The van der Waals surface area contributed by atoms with E-state index < -0.39 is 0 Å². The lowest BCUT2D eigenvalue weighted by molar-refractivity contribution is -0.671. The highest BCUT2D eigenvalue weighted by atomic mass is 16.5. The molecule has 1 aromatic heterocycles. The maximum Gasteiger partial charge on any atom is 0.277 e. The Labute approximate surface area is 122 Å². The van der Waals surface area contributed by atoms with Crippen LogP contribution in [0.25, 0.3) is 0 Å². The molecular weight excluding hydrogens is 270 g/mol. The maximum atomic E-state index is 11.9. The molecule has 2 aromatic rings. The molecule has 0 fully saturated rings. The zero-order chi connectivity index (χ0) is 15.2. The Morgan fingerprint density at radius 1 is 1.43 bits per heavy atom. The lowest BCUT2D eigenvalue weighted by Gasteiger charge is -2.03. The largest absolute Gasteiger partial charge is 0.507 e. The Bertz CT molecular complexity index is 684. The summed E-state index contributed by atoms with van der Waals surface area (Å²) in [6.45, 7) is 0. The van der Waals surface area contributed by atoms with Crippen LogP contribution in [0.15, 0.2) is 47.8 Å². The van der Waals surface area contributed by atoms with Crippen LogP contribution in [0.5, 0.6) is 11.5 Å². The topological polar surface area (TPSA) is 74.8 Å². The summed E-state index contributed by atoms with van der Waals surface area (Å²) in [5, 5.41) is 13.5. The molecule has 0 saturated heterocycles. The number of phenolic OH excluding ortho intramolecular Hbond substituents is 1. The van der Waals surface area contributed by atoms with E-state index in [4.69, 9.17) is 4.74 Å². The first-order valence-electron chi connectivity index (χ1n) is 6.26. The number of hydrogen-bond acceptors (Lipinski definition) is 4. The smallest absolute Gasteiger partial charge is 0.277 e. The number of carbonyl (C=O) groups excluding carboxylic acids is 1. The Kier molecular flexibility index (Phi) is 4.50. The quantitative estimate of drug-likeness (QED) is 0.500. The molecule has 0 saturated carbocycles. The number of nitrogens with one attached hydrogen (secondary N) is 1. The van der Waals surface area contributed by atoms with Crippen LogP contribution in [0.4, 0.5) is 0 Å². The van der Waals surface area contributed by atoms with Crippen molar-refractivity contribution < 1.29 is 19.2 Å². The Morgan fingerprint density at radius 3 is 2.95 bits per heavy atom. The van der Waals surface area contributed by atoms with Gasteiger partial charge >= 0.3 is 0 Å². The minimum atomic E-state index is -0.329. The van der Waals surface area contributed by atoms with E-state index in [9.17, 15) is 9.90 Å². The summed E-state index contributed by atoms with van der Waals surface area (Å²) in [4.78, 5) is 11.9. The molecule has 1 heterocycles. The minimum absolute atomic E-state index is 0.0555. The second kappa shape index (κ2) is 6.51. The number of pyridine rings is 1. The van der Waals surface area contributed by atoms with Crippen LogP contribution in [-0.2, 0) is 7.05 Å². The summed E-state index contributed by atoms with van der Waals surface area (Å²) in [6, 6.07) is 8.21.